The predicted octanol–water partition coefficient (Wildman–Crippen LogP) is 24.0. The Labute approximate surface area is 521 Å². The molecule has 0 bridgehead atoms. The summed E-state index contributed by atoms with van der Waals surface area (Å²) in [5.41, 5.74) is 5.41. The van der Waals surface area contributed by atoms with Gasteiger partial charge in [0.25, 0.3) is 0 Å². The lowest BCUT2D eigenvalue weighted by Crippen LogP contribution is -2.29. The third kappa shape index (κ3) is 69.1. The van der Waals surface area contributed by atoms with E-state index in [0.29, 0.717) is 6.42 Å². The Hall–Kier alpha value is -2.03. The summed E-state index contributed by atoms with van der Waals surface area (Å²) in [6.07, 6.45) is 89.4. The fraction of sp³-hybridized carbons (Fsp3) is 0.865. The zero-order valence-electron chi connectivity index (χ0n) is 55.7. The highest BCUT2D eigenvalue weighted by Gasteiger charge is 2.26. The molecule has 84 heavy (non-hydrogen) atoms. The molecule has 0 aliphatic heterocycles. The van der Waals surface area contributed by atoms with Crippen molar-refractivity contribution in [3.63, 3.8) is 0 Å². The van der Waals surface area contributed by atoms with Crippen LogP contribution in [-0.4, -0.2) is 49.3 Å². The van der Waals surface area contributed by atoms with Crippen LogP contribution >= 0.6 is 7.82 Å². The number of phosphoric acid groups is 1. The molecule has 0 spiro atoms. The summed E-state index contributed by atoms with van der Waals surface area (Å²) in [7, 11) is -4.39. The molecule has 0 aliphatic carbocycles. The van der Waals surface area contributed by atoms with Crippen LogP contribution in [0, 0.1) is 0 Å². The summed E-state index contributed by atoms with van der Waals surface area (Å²) in [6, 6.07) is 0. The minimum Gasteiger partial charge on any atom is -0.462 e. The lowest BCUT2D eigenvalue weighted by atomic mass is 10.0. The molecule has 0 aromatic rings. The second-order valence-electron chi connectivity index (χ2n) is 24.8. The van der Waals surface area contributed by atoms with E-state index >= 15 is 0 Å². The van der Waals surface area contributed by atoms with Gasteiger partial charge in [-0.1, -0.05) is 364 Å². The highest BCUT2D eigenvalue weighted by atomic mass is 31.2. The first kappa shape index (κ1) is 82.0. The largest absolute Gasteiger partial charge is 0.472 e. The first-order valence-electron chi connectivity index (χ1n) is 36.6. The van der Waals surface area contributed by atoms with Crippen molar-refractivity contribution >= 4 is 19.8 Å². The number of allylic oxidation sites excluding steroid dienone is 8. The van der Waals surface area contributed by atoms with Crippen LogP contribution in [0.5, 0.6) is 0 Å². The summed E-state index contributed by atoms with van der Waals surface area (Å²) < 4.78 is 33.2. The Balaban J connectivity index is 3.79. The maximum atomic E-state index is 12.8. The Kier molecular flexibility index (Phi) is 68.4. The predicted molar refractivity (Wildman–Crippen MR) is 363 cm³/mol. The van der Waals surface area contributed by atoms with Crippen LogP contribution in [0.4, 0.5) is 0 Å². The summed E-state index contributed by atoms with van der Waals surface area (Å²) in [4.78, 5) is 35.4. The lowest BCUT2D eigenvalue weighted by Gasteiger charge is -2.19. The van der Waals surface area contributed by atoms with E-state index in [1.165, 1.54) is 289 Å². The van der Waals surface area contributed by atoms with Crippen LogP contribution in [-0.2, 0) is 32.7 Å². The molecule has 0 heterocycles. The molecule has 0 saturated carbocycles. The Morgan fingerprint density at radius 1 is 0.369 bits per heavy atom. The Morgan fingerprint density at radius 2 is 0.655 bits per heavy atom. The Bertz CT molecular complexity index is 1520. The van der Waals surface area contributed by atoms with Gasteiger partial charge in [-0.25, -0.2) is 4.57 Å². The number of phosphoric ester groups is 1. The standard InChI is InChI=1S/C74H140NO8P/c1-3-5-7-9-11-13-15-17-19-21-23-25-27-29-31-33-34-35-36-37-38-39-41-43-45-47-49-51-53-55-57-59-61-63-65-67-74(77)83-72(71-82-84(78,79)81-69-68-75)70-80-73(76)66-64-62-60-58-56-54-52-50-48-46-44-42-40-32-30-28-26-24-22-20-18-16-14-12-10-8-6-4-2/h5,7,11,13,17,19,23,25,72H,3-4,6,8-10,12,14-16,18,20-22,24,26-71,75H2,1-2H3,(H,78,79)/b7-5-,13-11-,19-17-,25-23-. The van der Waals surface area contributed by atoms with E-state index in [0.717, 1.165) is 57.8 Å². The summed E-state index contributed by atoms with van der Waals surface area (Å²) in [6.45, 7) is 3.71. The maximum absolute atomic E-state index is 12.8. The van der Waals surface area contributed by atoms with Gasteiger partial charge in [-0.05, 0) is 51.4 Å². The lowest BCUT2D eigenvalue weighted by molar-refractivity contribution is -0.161. The number of rotatable bonds is 70. The van der Waals surface area contributed by atoms with E-state index in [2.05, 4.69) is 62.5 Å². The molecule has 2 unspecified atom stereocenters. The molecular weight excluding hydrogens is 1060 g/mol. The van der Waals surface area contributed by atoms with E-state index < -0.39 is 26.5 Å². The van der Waals surface area contributed by atoms with Crippen molar-refractivity contribution in [2.45, 2.75) is 386 Å². The molecular formula is C74H140NO8P. The quantitative estimate of drug-likeness (QED) is 0.0264. The summed E-state index contributed by atoms with van der Waals surface area (Å²) >= 11 is 0. The number of carbonyl (C=O) groups is 2. The van der Waals surface area contributed by atoms with Crippen molar-refractivity contribution in [1.29, 1.82) is 0 Å². The average Bonchev–Trinajstić information content (AvgIpc) is 3.58. The second-order valence-corrected chi connectivity index (χ2v) is 26.2. The molecule has 0 rings (SSSR count). The van der Waals surface area contributed by atoms with Crippen molar-refractivity contribution in [2.75, 3.05) is 26.4 Å². The first-order chi connectivity index (χ1) is 41.3. The highest BCUT2D eigenvalue weighted by Crippen LogP contribution is 2.43. The van der Waals surface area contributed by atoms with Crippen LogP contribution in [0.2, 0.25) is 0 Å². The van der Waals surface area contributed by atoms with Crippen LogP contribution in [0.25, 0.3) is 0 Å². The normalized spacial score (nSPS) is 13.1. The van der Waals surface area contributed by atoms with E-state index in [1.807, 2.05) is 0 Å². The van der Waals surface area contributed by atoms with Gasteiger partial charge in [0.1, 0.15) is 6.61 Å². The van der Waals surface area contributed by atoms with Crippen molar-refractivity contribution in [2.24, 2.45) is 5.73 Å². The Morgan fingerprint density at radius 3 is 0.976 bits per heavy atom. The molecule has 9 nitrogen and oxygen atoms in total. The number of hydrogen-bond donors (Lipinski definition) is 2. The van der Waals surface area contributed by atoms with Crippen LogP contribution < -0.4 is 5.73 Å². The van der Waals surface area contributed by atoms with Gasteiger partial charge in [0.2, 0.25) is 0 Å². The van der Waals surface area contributed by atoms with E-state index in [4.69, 9.17) is 24.3 Å². The molecule has 0 saturated heterocycles. The monoisotopic (exact) mass is 1200 g/mol. The zero-order valence-corrected chi connectivity index (χ0v) is 56.6. The van der Waals surface area contributed by atoms with Crippen LogP contribution in [0.15, 0.2) is 48.6 Å². The fourth-order valence-electron chi connectivity index (χ4n) is 11.1. The van der Waals surface area contributed by atoms with Gasteiger partial charge in [-0.2, -0.15) is 0 Å². The minimum absolute atomic E-state index is 0.0562. The SMILES string of the molecule is CC/C=C\C/C=C\C/C=C\C/C=C\CCCCCCCCCCCCCCCCCCCCCCCCC(=O)OC(COC(=O)CCCCCCCCCCCCCCCCCCCCCCCCCCCCCC)COP(=O)(O)OCCN. The van der Waals surface area contributed by atoms with Gasteiger partial charge in [0.15, 0.2) is 6.10 Å². The average molecular weight is 1200 g/mol. The number of carbonyl (C=O) groups excluding carboxylic acids is 2. The zero-order chi connectivity index (χ0) is 60.9. The highest BCUT2D eigenvalue weighted by molar-refractivity contribution is 7.47. The molecule has 0 amide bonds. The molecule has 0 aromatic heterocycles. The third-order valence-corrected chi connectivity index (χ3v) is 17.5. The van der Waals surface area contributed by atoms with Crippen molar-refractivity contribution in [3.05, 3.63) is 48.6 Å². The number of ether oxygens (including phenoxy) is 2. The van der Waals surface area contributed by atoms with Crippen molar-refractivity contribution in [1.82, 2.24) is 0 Å². The molecule has 0 aliphatic rings. The van der Waals surface area contributed by atoms with Gasteiger partial charge in [-0.3, -0.25) is 18.6 Å². The third-order valence-electron chi connectivity index (χ3n) is 16.5. The van der Waals surface area contributed by atoms with Crippen LogP contribution in [0.3, 0.4) is 0 Å². The summed E-state index contributed by atoms with van der Waals surface area (Å²) in [5.74, 6) is -0.803. The van der Waals surface area contributed by atoms with Gasteiger partial charge in [0, 0.05) is 19.4 Å². The topological polar surface area (TPSA) is 134 Å². The van der Waals surface area contributed by atoms with Crippen molar-refractivity contribution < 1.29 is 37.6 Å². The number of nitrogens with two attached hydrogens (primary N) is 1. The van der Waals surface area contributed by atoms with Crippen molar-refractivity contribution in [3.8, 4) is 0 Å². The number of hydrogen-bond acceptors (Lipinski definition) is 8. The molecule has 2 atom stereocenters. The fourth-order valence-corrected chi connectivity index (χ4v) is 11.9. The summed E-state index contributed by atoms with van der Waals surface area (Å²) in [5, 5.41) is 0. The molecule has 10 heteroatoms. The molecule has 3 N–H and O–H groups in total. The molecule has 0 radical (unpaired) electrons. The van der Waals surface area contributed by atoms with E-state index in [1.54, 1.807) is 0 Å². The minimum atomic E-state index is -4.39. The van der Waals surface area contributed by atoms with Gasteiger partial charge in [-0.15, -0.1) is 0 Å². The molecule has 0 aromatic carbocycles. The van der Waals surface area contributed by atoms with E-state index in [9.17, 15) is 19.0 Å². The van der Waals surface area contributed by atoms with Gasteiger partial charge >= 0.3 is 19.8 Å². The molecule has 494 valence electrons. The van der Waals surface area contributed by atoms with E-state index in [-0.39, 0.29) is 38.6 Å². The maximum Gasteiger partial charge on any atom is 0.472 e. The first-order valence-corrected chi connectivity index (χ1v) is 38.1. The van der Waals surface area contributed by atoms with Gasteiger partial charge in [0.05, 0.1) is 13.2 Å². The number of unbranched alkanes of at least 4 members (excludes halogenated alkanes) is 49. The second kappa shape index (κ2) is 70.1. The number of esters is 2. The smallest absolute Gasteiger partial charge is 0.462 e. The van der Waals surface area contributed by atoms with Gasteiger partial charge < -0.3 is 20.1 Å². The van der Waals surface area contributed by atoms with Crippen LogP contribution in [0.1, 0.15) is 380 Å². The molecule has 0 fully saturated rings.